The molecule has 0 heterocycles. The fraction of sp³-hybridized carbons (Fsp3) is 0.0286. The third-order valence-electron chi connectivity index (χ3n) is 6.64. The number of nitrogens with one attached hydrogen (secondary N) is 2. The van der Waals surface area contributed by atoms with Crippen LogP contribution in [0.25, 0.3) is 0 Å². The van der Waals surface area contributed by atoms with Crippen LogP contribution in [0.2, 0.25) is 0 Å². The Hall–Kier alpha value is -4.66. The van der Waals surface area contributed by atoms with Crippen molar-refractivity contribution < 1.29 is 38.5 Å². The summed E-state index contributed by atoms with van der Waals surface area (Å²) in [4.78, 5) is 27.3. The molecule has 228 valence electrons. The number of carbonyl (C=O) groups is 2. The smallest absolute Gasteiger partial charge is 0.271 e. The Labute approximate surface area is 264 Å². The van der Waals surface area contributed by atoms with E-state index in [1.807, 2.05) is 109 Å². The number of benzene rings is 5. The summed E-state index contributed by atoms with van der Waals surface area (Å²) in [5.41, 5.74) is 1.67. The second-order valence-electron chi connectivity index (χ2n) is 9.64. The highest BCUT2D eigenvalue weighted by atomic mass is 35.7. The van der Waals surface area contributed by atoms with Gasteiger partial charge in [-0.3, -0.25) is 9.59 Å². The van der Waals surface area contributed by atoms with E-state index in [9.17, 15) is 9.59 Å². The van der Waals surface area contributed by atoms with E-state index in [0.29, 0.717) is 12.1 Å². The van der Waals surface area contributed by atoms with Crippen molar-refractivity contribution in [2.24, 2.45) is 0 Å². The Bertz CT molecular complexity index is 1580. The van der Waals surface area contributed by atoms with Crippen LogP contribution in [0.5, 0.6) is 0 Å². The third kappa shape index (κ3) is 9.66. The van der Waals surface area contributed by atoms with Crippen molar-refractivity contribution in [2.75, 3.05) is 0 Å². The lowest BCUT2D eigenvalue weighted by Crippen LogP contribution is -2.68. The molecule has 0 aliphatic carbocycles. The predicted octanol–water partition coefficient (Wildman–Crippen LogP) is 0.812. The summed E-state index contributed by atoms with van der Waals surface area (Å²) in [6, 6.07) is 49.3. The molecule has 2 amide bonds. The highest BCUT2D eigenvalue weighted by molar-refractivity contribution is 7.98. The SMILES string of the molecule is O=C(NCc1ccccc1)C(=C[P+](c1ccccc1)(c1ccccc1)c1ccccc1)NC(=O)c1ccccc1.[O-][Cl+3]([O-])([O-])[O-]. The topological polar surface area (TPSA) is 150 Å². The van der Waals surface area contributed by atoms with E-state index in [-0.39, 0.29) is 17.5 Å². The van der Waals surface area contributed by atoms with Crippen molar-refractivity contribution in [3.8, 4) is 0 Å². The molecular weight excluding hydrogens is 611 g/mol. The van der Waals surface area contributed by atoms with Gasteiger partial charge in [0.05, 0.1) is 0 Å². The summed E-state index contributed by atoms with van der Waals surface area (Å²) < 4.78 is 34.0. The van der Waals surface area contributed by atoms with Gasteiger partial charge in [-0.25, -0.2) is 18.6 Å². The number of carbonyl (C=O) groups excluding carboxylic acids is 2. The van der Waals surface area contributed by atoms with Crippen molar-refractivity contribution in [2.45, 2.75) is 6.54 Å². The van der Waals surface area contributed by atoms with Gasteiger partial charge in [0, 0.05) is 12.1 Å². The van der Waals surface area contributed by atoms with Gasteiger partial charge in [0.1, 0.15) is 34.7 Å². The maximum absolute atomic E-state index is 13.9. The number of rotatable bonds is 9. The second kappa shape index (κ2) is 15.9. The maximum Gasteiger partial charge on any atom is 0.271 e. The van der Waals surface area contributed by atoms with Crippen LogP contribution in [0.15, 0.2) is 163 Å². The minimum atomic E-state index is -4.94. The maximum atomic E-state index is 13.9. The molecule has 0 saturated heterocycles. The predicted molar refractivity (Wildman–Crippen MR) is 165 cm³/mol. The zero-order valence-corrected chi connectivity index (χ0v) is 25.6. The van der Waals surface area contributed by atoms with E-state index in [1.165, 1.54) is 0 Å². The van der Waals surface area contributed by atoms with E-state index in [0.717, 1.165) is 21.5 Å². The molecule has 45 heavy (non-hydrogen) atoms. The van der Waals surface area contributed by atoms with Gasteiger partial charge in [0.2, 0.25) is 0 Å². The molecule has 0 bridgehead atoms. The van der Waals surface area contributed by atoms with Crippen LogP contribution in [-0.4, -0.2) is 11.8 Å². The quantitative estimate of drug-likeness (QED) is 0.180. The summed E-state index contributed by atoms with van der Waals surface area (Å²) in [6.45, 7) is 0.339. The normalized spacial score (nSPS) is 11.5. The van der Waals surface area contributed by atoms with Crippen LogP contribution < -0.4 is 45.2 Å². The van der Waals surface area contributed by atoms with Crippen LogP contribution >= 0.6 is 7.26 Å². The van der Waals surface area contributed by atoms with Gasteiger partial charge in [-0.05, 0) is 54.1 Å². The molecule has 10 heteroatoms. The van der Waals surface area contributed by atoms with Crippen molar-refractivity contribution >= 4 is 35.0 Å². The molecule has 0 atom stereocenters. The Morgan fingerprint density at radius 1 is 0.578 bits per heavy atom. The molecule has 0 aliphatic heterocycles. The van der Waals surface area contributed by atoms with Crippen molar-refractivity contribution in [1.82, 2.24) is 10.6 Å². The molecule has 0 fully saturated rings. The van der Waals surface area contributed by atoms with E-state index in [1.54, 1.807) is 12.1 Å². The van der Waals surface area contributed by atoms with Crippen molar-refractivity contribution in [1.29, 1.82) is 0 Å². The van der Waals surface area contributed by atoms with Gasteiger partial charge < -0.3 is 10.6 Å². The summed E-state index contributed by atoms with van der Waals surface area (Å²) in [6.07, 6.45) is 0. The van der Waals surface area contributed by atoms with E-state index in [4.69, 9.17) is 18.6 Å². The third-order valence-corrected chi connectivity index (χ3v) is 10.6. The lowest BCUT2D eigenvalue weighted by molar-refractivity contribution is -2.00. The van der Waals surface area contributed by atoms with Crippen LogP contribution in [0.1, 0.15) is 15.9 Å². The molecule has 0 spiro atoms. The molecule has 5 rings (SSSR count). The second-order valence-corrected chi connectivity index (χ2v) is 13.6. The summed E-state index contributed by atoms with van der Waals surface area (Å²) in [5, 5.41) is 9.24. The molecule has 2 N–H and O–H groups in total. The fourth-order valence-electron chi connectivity index (χ4n) is 4.66. The average molecular weight is 641 g/mol. The average Bonchev–Trinajstić information content (AvgIpc) is 3.07. The van der Waals surface area contributed by atoms with Crippen LogP contribution in [0, 0.1) is 10.2 Å². The zero-order chi connectivity index (χ0) is 32.1. The first kappa shape index (κ1) is 33.2. The van der Waals surface area contributed by atoms with Gasteiger partial charge in [-0.1, -0.05) is 103 Å². The first-order valence-electron chi connectivity index (χ1n) is 13.8. The molecule has 0 aliphatic rings. The van der Waals surface area contributed by atoms with E-state index in [2.05, 4.69) is 47.0 Å². The minimum Gasteiger partial charge on any atom is -0.347 e. The van der Waals surface area contributed by atoms with Crippen molar-refractivity contribution in [3.63, 3.8) is 0 Å². The van der Waals surface area contributed by atoms with E-state index >= 15 is 0 Å². The monoisotopic (exact) mass is 640 g/mol. The first-order chi connectivity index (χ1) is 21.7. The lowest BCUT2D eigenvalue weighted by atomic mass is 10.2. The number of hydrogen-bond donors (Lipinski definition) is 2. The summed E-state index contributed by atoms with van der Waals surface area (Å²) >= 11 is 0. The molecular formula is C35H30ClN2O6P. The Kier molecular flexibility index (Phi) is 11.7. The Balaban J connectivity index is 0.000000854. The molecule has 0 saturated carbocycles. The number of amides is 2. The zero-order valence-electron chi connectivity index (χ0n) is 24.0. The Morgan fingerprint density at radius 3 is 1.33 bits per heavy atom. The fourth-order valence-corrected chi connectivity index (χ4v) is 8.50. The molecule has 5 aromatic carbocycles. The van der Waals surface area contributed by atoms with Crippen LogP contribution in [-0.2, 0) is 11.3 Å². The van der Waals surface area contributed by atoms with Gasteiger partial charge in [0.25, 0.3) is 11.8 Å². The molecule has 0 radical (unpaired) electrons. The molecule has 5 aromatic rings. The highest BCUT2D eigenvalue weighted by Gasteiger charge is 2.45. The van der Waals surface area contributed by atoms with Gasteiger partial charge >= 0.3 is 0 Å². The first-order valence-corrected chi connectivity index (χ1v) is 16.8. The number of halogens is 1. The standard InChI is InChI=1S/C35H29N2O2P.ClHO4/c38-34(29-18-8-2-9-19-29)37-33(35(39)36-26-28-16-6-1-7-17-28)27-40(30-20-10-3-11-21-30,31-22-12-4-13-23-31)32-24-14-5-15-25-32;2-1(3,4)5/h1-25,27H,26H2,(H-,36,37,38,39);(H,2,3,4,5). The highest BCUT2D eigenvalue weighted by Crippen LogP contribution is 2.57. The Morgan fingerprint density at radius 2 is 0.933 bits per heavy atom. The van der Waals surface area contributed by atoms with Crippen LogP contribution in [0.4, 0.5) is 0 Å². The van der Waals surface area contributed by atoms with Crippen molar-refractivity contribution in [3.05, 3.63) is 174 Å². The number of hydrogen-bond acceptors (Lipinski definition) is 6. The summed E-state index contributed by atoms with van der Waals surface area (Å²) in [5.74, 6) is 1.31. The van der Waals surface area contributed by atoms with E-state index < -0.39 is 17.5 Å². The molecule has 8 nitrogen and oxygen atoms in total. The van der Waals surface area contributed by atoms with Gasteiger partial charge in [-0.15, -0.1) is 10.2 Å². The van der Waals surface area contributed by atoms with Gasteiger partial charge in [0.15, 0.2) is 0 Å². The minimum absolute atomic E-state index is 0.217. The lowest BCUT2D eigenvalue weighted by Gasteiger charge is -2.25. The largest absolute Gasteiger partial charge is 0.347 e. The summed E-state index contributed by atoms with van der Waals surface area (Å²) in [7, 11) is -7.49. The molecule has 0 aromatic heterocycles. The van der Waals surface area contributed by atoms with Gasteiger partial charge in [-0.2, -0.15) is 0 Å². The van der Waals surface area contributed by atoms with Crippen LogP contribution in [0.3, 0.4) is 0 Å². The molecule has 0 unspecified atom stereocenters.